The average Bonchev–Trinajstić information content (AvgIpc) is 2.34. The van der Waals surface area contributed by atoms with Gasteiger partial charge in [-0.1, -0.05) is 20.3 Å². The second-order valence-electron chi connectivity index (χ2n) is 3.89. The highest BCUT2D eigenvalue weighted by Gasteiger charge is 2.02. The topological polar surface area (TPSA) is 34.1 Å². The lowest BCUT2D eigenvalue weighted by molar-refractivity contribution is 0.300. The lowest BCUT2D eigenvalue weighted by Gasteiger charge is -2.16. The van der Waals surface area contributed by atoms with Crippen LogP contribution in [0.5, 0.6) is 5.75 Å². The smallest absolute Gasteiger partial charge is 0.137 e. The second-order valence-corrected chi connectivity index (χ2v) is 3.89. The van der Waals surface area contributed by atoms with Gasteiger partial charge in [0.25, 0.3) is 0 Å². The number of pyridine rings is 1. The third-order valence-electron chi connectivity index (χ3n) is 2.57. The number of rotatable bonds is 8. The number of ether oxygens (including phenoxy) is 1. The molecule has 0 fully saturated rings. The van der Waals surface area contributed by atoms with Crippen molar-refractivity contribution in [2.45, 2.75) is 39.2 Å². The molecule has 1 atom stereocenters. The van der Waals surface area contributed by atoms with Gasteiger partial charge in [0.05, 0.1) is 6.20 Å². The molecule has 16 heavy (non-hydrogen) atoms. The predicted octanol–water partition coefficient (Wildman–Crippen LogP) is 2.63. The predicted molar refractivity (Wildman–Crippen MR) is 66.7 cm³/mol. The van der Waals surface area contributed by atoms with Crippen molar-refractivity contribution in [3.63, 3.8) is 0 Å². The summed E-state index contributed by atoms with van der Waals surface area (Å²) < 4.78 is 5.55. The first-order valence-electron chi connectivity index (χ1n) is 6.13. The fraction of sp³-hybridized carbons (Fsp3) is 0.615. The van der Waals surface area contributed by atoms with Crippen LogP contribution < -0.4 is 10.1 Å². The van der Waals surface area contributed by atoms with E-state index in [1.807, 2.05) is 12.1 Å². The van der Waals surface area contributed by atoms with Crippen LogP contribution in [0.15, 0.2) is 24.5 Å². The van der Waals surface area contributed by atoms with Gasteiger partial charge < -0.3 is 10.1 Å². The van der Waals surface area contributed by atoms with E-state index in [2.05, 4.69) is 24.1 Å². The van der Waals surface area contributed by atoms with Crippen LogP contribution in [-0.4, -0.2) is 24.2 Å². The summed E-state index contributed by atoms with van der Waals surface area (Å²) in [7, 11) is 0. The van der Waals surface area contributed by atoms with Crippen LogP contribution in [0.1, 0.15) is 33.1 Å². The van der Waals surface area contributed by atoms with E-state index in [-0.39, 0.29) is 0 Å². The Balaban J connectivity index is 2.11. The fourth-order valence-corrected chi connectivity index (χ4v) is 1.66. The summed E-state index contributed by atoms with van der Waals surface area (Å²) >= 11 is 0. The number of aromatic nitrogens is 1. The zero-order chi connectivity index (χ0) is 11.6. The molecule has 1 N–H and O–H groups in total. The summed E-state index contributed by atoms with van der Waals surface area (Å²) in [5.74, 6) is 0.841. The van der Waals surface area contributed by atoms with Gasteiger partial charge in [-0.05, 0) is 25.0 Å². The van der Waals surface area contributed by atoms with Crippen molar-refractivity contribution in [3.8, 4) is 5.75 Å². The van der Waals surface area contributed by atoms with Crippen molar-refractivity contribution in [1.82, 2.24) is 10.3 Å². The summed E-state index contributed by atoms with van der Waals surface area (Å²) in [5, 5.41) is 3.50. The maximum atomic E-state index is 5.55. The molecule has 0 saturated carbocycles. The zero-order valence-electron chi connectivity index (χ0n) is 10.3. The van der Waals surface area contributed by atoms with Crippen molar-refractivity contribution in [1.29, 1.82) is 0 Å². The Morgan fingerprint density at radius 3 is 2.94 bits per heavy atom. The molecule has 0 amide bonds. The standard InChI is InChI=1S/C13H22N2O/c1-3-6-12(4-2)15-9-10-16-13-7-5-8-14-11-13/h5,7-8,11-12,15H,3-4,6,9-10H2,1-2H3. The Kier molecular flexibility index (Phi) is 6.58. The third-order valence-corrected chi connectivity index (χ3v) is 2.57. The zero-order valence-corrected chi connectivity index (χ0v) is 10.3. The lowest BCUT2D eigenvalue weighted by Crippen LogP contribution is -2.31. The summed E-state index contributed by atoms with van der Waals surface area (Å²) in [6, 6.07) is 4.44. The van der Waals surface area contributed by atoms with Gasteiger partial charge in [0.1, 0.15) is 12.4 Å². The summed E-state index contributed by atoms with van der Waals surface area (Å²) in [6.45, 7) is 6.03. The molecule has 0 saturated heterocycles. The van der Waals surface area contributed by atoms with Crippen LogP contribution in [0.25, 0.3) is 0 Å². The molecule has 1 aromatic heterocycles. The quantitative estimate of drug-likeness (QED) is 0.687. The summed E-state index contributed by atoms with van der Waals surface area (Å²) in [4.78, 5) is 4.00. The number of hydrogen-bond donors (Lipinski definition) is 1. The van der Waals surface area contributed by atoms with Crippen LogP contribution >= 0.6 is 0 Å². The van der Waals surface area contributed by atoms with Crippen LogP contribution in [0.4, 0.5) is 0 Å². The van der Waals surface area contributed by atoms with Gasteiger partial charge in [-0.2, -0.15) is 0 Å². The highest BCUT2D eigenvalue weighted by atomic mass is 16.5. The SMILES string of the molecule is CCCC(CC)NCCOc1cccnc1. The third kappa shape index (κ3) is 5.12. The van der Waals surface area contributed by atoms with E-state index in [1.54, 1.807) is 12.4 Å². The first-order chi connectivity index (χ1) is 7.86. The Morgan fingerprint density at radius 2 is 2.31 bits per heavy atom. The van der Waals surface area contributed by atoms with Crippen molar-refractivity contribution >= 4 is 0 Å². The van der Waals surface area contributed by atoms with Crippen molar-refractivity contribution < 1.29 is 4.74 Å². The fourth-order valence-electron chi connectivity index (χ4n) is 1.66. The molecule has 0 radical (unpaired) electrons. The number of hydrogen-bond acceptors (Lipinski definition) is 3. The maximum Gasteiger partial charge on any atom is 0.137 e. The molecule has 3 heteroatoms. The largest absolute Gasteiger partial charge is 0.491 e. The molecule has 3 nitrogen and oxygen atoms in total. The lowest BCUT2D eigenvalue weighted by atomic mass is 10.1. The van der Waals surface area contributed by atoms with Crippen molar-refractivity contribution in [2.75, 3.05) is 13.2 Å². The van der Waals surface area contributed by atoms with Crippen molar-refractivity contribution in [3.05, 3.63) is 24.5 Å². The molecule has 0 aromatic carbocycles. The second kappa shape index (κ2) is 8.11. The van der Waals surface area contributed by atoms with Crippen molar-refractivity contribution in [2.24, 2.45) is 0 Å². The monoisotopic (exact) mass is 222 g/mol. The van der Waals surface area contributed by atoms with Gasteiger partial charge >= 0.3 is 0 Å². The van der Waals surface area contributed by atoms with Crippen LogP contribution in [-0.2, 0) is 0 Å². The molecule has 0 aliphatic heterocycles. The Bertz CT molecular complexity index is 264. The van der Waals surface area contributed by atoms with Crippen LogP contribution in [0.2, 0.25) is 0 Å². The van der Waals surface area contributed by atoms with Gasteiger partial charge in [0, 0.05) is 18.8 Å². The molecular formula is C13H22N2O. The Morgan fingerprint density at radius 1 is 1.44 bits per heavy atom. The van der Waals surface area contributed by atoms with Crippen LogP contribution in [0, 0.1) is 0 Å². The van der Waals surface area contributed by atoms with E-state index < -0.39 is 0 Å². The van der Waals surface area contributed by atoms with Gasteiger partial charge in [0.2, 0.25) is 0 Å². The molecule has 0 aliphatic carbocycles. The molecule has 0 bridgehead atoms. The Labute approximate surface area is 98.2 Å². The highest BCUT2D eigenvalue weighted by molar-refractivity contribution is 5.15. The summed E-state index contributed by atoms with van der Waals surface area (Å²) in [6.07, 6.45) is 7.14. The van der Waals surface area contributed by atoms with E-state index in [4.69, 9.17) is 4.74 Å². The first kappa shape index (κ1) is 13.0. The van der Waals surface area contributed by atoms with E-state index in [0.29, 0.717) is 12.6 Å². The number of nitrogens with one attached hydrogen (secondary N) is 1. The van der Waals surface area contributed by atoms with Gasteiger partial charge in [0.15, 0.2) is 0 Å². The minimum absolute atomic E-state index is 0.627. The molecule has 90 valence electrons. The minimum atomic E-state index is 0.627. The molecule has 1 rings (SSSR count). The van der Waals surface area contributed by atoms with Gasteiger partial charge in [-0.25, -0.2) is 0 Å². The van der Waals surface area contributed by atoms with E-state index in [9.17, 15) is 0 Å². The van der Waals surface area contributed by atoms with Crippen LogP contribution in [0.3, 0.4) is 0 Å². The molecule has 1 aromatic rings. The van der Waals surface area contributed by atoms with E-state index in [0.717, 1.165) is 12.3 Å². The number of nitrogens with zero attached hydrogens (tertiary/aromatic N) is 1. The van der Waals surface area contributed by atoms with Gasteiger partial charge in [-0.15, -0.1) is 0 Å². The summed E-state index contributed by atoms with van der Waals surface area (Å²) in [5.41, 5.74) is 0. The normalized spacial score (nSPS) is 12.4. The first-order valence-corrected chi connectivity index (χ1v) is 6.13. The molecule has 0 aliphatic rings. The molecule has 1 unspecified atom stereocenters. The average molecular weight is 222 g/mol. The van der Waals surface area contributed by atoms with Gasteiger partial charge in [-0.3, -0.25) is 4.98 Å². The molecule has 0 spiro atoms. The molecule has 1 heterocycles. The van der Waals surface area contributed by atoms with E-state index in [1.165, 1.54) is 19.3 Å². The molecular weight excluding hydrogens is 200 g/mol. The maximum absolute atomic E-state index is 5.55. The van der Waals surface area contributed by atoms with E-state index >= 15 is 0 Å². The highest BCUT2D eigenvalue weighted by Crippen LogP contribution is 2.05. The Hall–Kier alpha value is -1.09. The minimum Gasteiger partial charge on any atom is -0.491 e.